The molecule has 0 bridgehead atoms. The van der Waals surface area contributed by atoms with Gasteiger partial charge >= 0.3 is 5.97 Å². The van der Waals surface area contributed by atoms with Gasteiger partial charge in [0.1, 0.15) is 30.1 Å². The number of aliphatic hydroxyl groups is 2. The van der Waals surface area contributed by atoms with Gasteiger partial charge in [-0.15, -0.1) is 0 Å². The van der Waals surface area contributed by atoms with Crippen molar-refractivity contribution in [2.45, 2.75) is 55.9 Å². The fraction of sp³-hybridized carbons (Fsp3) is 0.600. The van der Waals surface area contributed by atoms with E-state index in [1.165, 1.54) is 17.2 Å². The number of carboxylic acids is 1. The quantitative estimate of drug-likeness (QED) is 0.307. The lowest BCUT2D eigenvalue weighted by Crippen LogP contribution is -2.37. The number of ether oxygens (including phenoxy) is 1. The van der Waals surface area contributed by atoms with Gasteiger partial charge in [0.2, 0.25) is 0 Å². The monoisotopic (exact) mass is 381 g/mol. The summed E-state index contributed by atoms with van der Waals surface area (Å²) in [6.07, 6.45) is -0.604. The molecule has 0 aromatic carbocycles. The number of anilines is 1. The summed E-state index contributed by atoms with van der Waals surface area (Å²) in [6.45, 7) is 0. The van der Waals surface area contributed by atoms with Crippen molar-refractivity contribution in [3.8, 4) is 0 Å². The number of aliphatic carboxylic acids is 1. The Morgan fingerprint density at radius 3 is 2.67 bits per heavy atom. The van der Waals surface area contributed by atoms with Crippen LogP contribution in [0.3, 0.4) is 0 Å². The predicted octanol–water partition coefficient (Wildman–Crippen LogP) is -2.06. The minimum absolute atomic E-state index is 0.195. The fourth-order valence-corrected chi connectivity index (χ4v) is 3.14. The van der Waals surface area contributed by atoms with Crippen LogP contribution in [0, 0.1) is 0 Å². The maximum absolute atomic E-state index is 10.8. The van der Waals surface area contributed by atoms with Gasteiger partial charge in [-0.05, 0) is 19.3 Å². The average molecular weight is 381 g/mol. The molecule has 2 aromatic heterocycles. The van der Waals surface area contributed by atoms with Crippen LogP contribution in [0.2, 0.25) is 0 Å². The number of aliphatic hydroxyl groups excluding tert-OH is 2. The summed E-state index contributed by atoms with van der Waals surface area (Å²) in [5.41, 5.74) is 18.0. The van der Waals surface area contributed by atoms with Gasteiger partial charge in [0.15, 0.2) is 17.7 Å². The van der Waals surface area contributed by atoms with Crippen molar-refractivity contribution in [3.05, 3.63) is 12.7 Å². The number of carbonyl (C=O) groups is 1. The van der Waals surface area contributed by atoms with Crippen LogP contribution in [-0.2, 0) is 9.53 Å². The van der Waals surface area contributed by atoms with Crippen molar-refractivity contribution < 1.29 is 24.9 Å². The number of aromatic nitrogens is 4. The number of hydrogen-bond acceptors (Lipinski definition) is 10. The number of nitrogens with two attached hydrogens (primary N) is 3. The van der Waals surface area contributed by atoms with Crippen molar-refractivity contribution in [1.82, 2.24) is 19.5 Å². The van der Waals surface area contributed by atoms with E-state index >= 15 is 0 Å². The van der Waals surface area contributed by atoms with Crippen molar-refractivity contribution in [3.63, 3.8) is 0 Å². The fourth-order valence-electron chi connectivity index (χ4n) is 3.14. The van der Waals surface area contributed by atoms with E-state index in [4.69, 9.17) is 27.0 Å². The van der Waals surface area contributed by atoms with Gasteiger partial charge in [-0.3, -0.25) is 9.36 Å². The highest BCUT2D eigenvalue weighted by atomic mass is 16.6. The Morgan fingerprint density at radius 1 is 1.22 bits per heavy atom. The summed E-state index contributed by atoms with van der Waals surface area (Å²) in [4.78, 5) is 22.8. The van der Waals surface area contributed by atoms with Gasteiger partial charge in [-0.2, -0.15) is 0 Å². The van der Waals surface area contributed by atoms with Crippen molar-refractivity contribution in [2.24, 2.45) is 11.5 Å². The second kappa shape index (κ2) is 7.70. The molecule has 12 heteroatoms. The Bertz CT molecular complexity index is 815. The summed E-state index contributed by atoms with van der Waals surface area (Å²) in [5, 5.41) is 29.5. The minimum atomic E-state index is -1.22. The standard InChI is InChI=1S/C15H23N7O5/c16-6(1-2-7(17)15(25)26)3-8-10(23)11(24)14(27-8)22-5-21-9-12(18)19-4-20-13(9)22/h4-8,10-11,14,23-24H,1-3,16-17H2,(H,25,26)(H2,18,19,20)/t6-,7-,8-,10-,11-,14-/m1/s1. The summed E-state index contributed by atoms with van der Waals surface area (Å²) < 4.78 is 7.28. The van der Waals surface area contributed by atoms with Gasteiger partial charge < -0.3 is 37.3 Å². The van der Waals surface area contributed by atoms with E-state index in [0.29, 0.717) is 17.6 Å². The van der Waals surface area contributed by atoms with E-state index in [1.54, 1.807) is 0 Å². The van der Waals surface area contributed by atoms with Gasteiger partial charge in [0.25, 0.3) is 0 Å². The van der Waals surface area contributed by atoms with Gasteiger partial charge in [0.05, 0.1) is 12.4 Å². The molecule has 0 radical (unpaired) electrons. The highest BCUT2D eigenvalue weighted by molar-refractivity contribution is 5.81. The Hall–Kier alpha value is -2.38. The van der Waals surface area contributed by atoms with Crippen LogP contribution in [0.4, 0.5) is 5.82 Å². The first-order valence-electron chi connectivity index (χ1n) is 8.48. The van der Waals surface area contributed by atoms with Crippen LogP contribution in [0.5, 0.6) is 0 Å². The Labute approximate surface area is 154 Å². The number of rotatable bonds is 7. The molecule has 3 rings (SSSR count). The van der Waals surface area contributed by atoms with Crippen LogP contribution in [0.25, 0.3) is 11.2 Å². The minimum Gasteiger partial charge on any atom is -0.480 e. The molecule has 6 atom stereocenters. The topological polar surface area (TPSA) is 209 Å². The predicted molar refractivity (Wildman–Crippen MR) is 93.1 cm³/mol. The normalized spacial score (nSPS) is 27.7. The molecule has 1 aliphatic heterocycles. The van der Waals surface area contributed by atoms with Crippen LogP contribution in [0.15, 0.2) is 12.7 Å². The number of hydrogen-bond donors (Lipinski definition) is 6. The zero-order chi connectivity index (χ0) is 19.7. The number of fused-ring (bicyclic) bond motifs is 1. The third-order valence-electron chi connectivity index (χ3n) is 4.70. The molecule has 0 unspecified atom stereocenters. The van der Waals surface area contributed by atoms with Crippen LogP contribution >= 0.6 is 0 Å². The number of imidazole rings is 1. The van der Waals surface area contributed by atoms with E-state index in [9.17, 15) is 15.0 Å². The molecule has 2 aromatic rings. The molecule has 0 spiro atoms. The van der Waals surface area contributed by atoms with Gasteiger partial charge in [-0.25, -0.2) is 15.0 Å². The summed E-state index contributed by atoms with van der Waals surface area (Å²) in [6, 6.07) is -1.44. The second-order valence-corrected chi connectivity index (χ2v) is 6.65. The van der Waals surface area contributed by atoms with E-state index < -0.39 is 42.6 Å². The maximum Gasteiger partial charge on any atom is 0.320 e. The summed E-state index contributed by atoms with van der Waals surface area (Å²) >= 11 is 0. The highest BCUT2D eigenvalue weighted by Crippen LogP contribution is 2.33. The first-order chi connectivity index (χ1) is 12.8. The molecule has 148 valence electrons. The molecule has 1 fully saturated rings. The average Bonchev–Trinajstić information content (AvgIpc) is 3.17. The molecular weight excluding hydrogens is 358 g/mol. The first kappa shape index (κ1) is 19.4. The first-order valence-corrected chi connectivity index (χ1v) is 8.48. The Balaban J connectivity index is 1.68. The van der Waals surface area contributed by atoms with E-state index in [1.807, 2.05) is 0 Å². The molecule has 3 heterocycles. The molecule has 9 N–H and O–H groups in total. The third kappa shape index (κ3) is 3.84. The largest absolute Gasteiger partial charge is 0.480 e. The van der Waals surface area contributed by atoms with Crippen molar-refractivity contribution in [2.75, 3.05) is 5.73 Å². The van der Waals surface area contributed by atoms with Crippen LogP contribution in [0.1, 0.15) is 25.5 Å². The number of carboxylic acid groups (broad SMARTS) is 1. The lowest BCUT2D eigenvalue weighted by Gasteiger charge is -2.20. The van der Waals surface area contributed by atoms with Crippen LogP contribution in [-0.4, -0.2) is 71.2 Å². The van der Waals surface area contributed by atoms with Crippen molar-refractivity contribution >= 4 is 23.0 Å². The second-order valence-electron chi connectivity index (χ2n) is 6.65. The Morgan fingerprint density at radius 2 is 1.96 bits per heavy atom. The highest BCUT2D eigenvalue weighted by Gasteiger charge is 2.44. The lowest BCUT2D eigenvalue weighted by atomic mass is 9.98. The van der Waals surface area contributed by atoms with Crippen LogP contribution < -0.4 is 17.2 Å². The summed E-state index contributed by atoms with van der Waals surface area (Å²) in [5.74, 6) is -0.900. The molecule has 12 nitrogen and oxygen atoms in total. The molecule has 0 saturated carbocycles. The number of nitrogens with zero attached hydrogens (tertiary/aromatic N) is 4. The zero-order valence-corrected chi connectivity index (χ0v) is 14.4. The van der Waals surface area contributed by atoms with E-state index in [2.05, 4.69) is 15.0 Å². The van der Waals surface area contributed by atoms with Gasteiger partial charge in [-0.1, -0.05) is 0 Å². The molecule has 1 aliphatic rings. The molecule has 27 heavy (non-hydrogen) atoms. The SMILES string of the molecule is Nc1ncnc2c1ncn2[C@@H]1O[C@H](C[C@H](N)CC[C@@H](N)C(=O)O)[C@@H](O)[C@H]1O. The molecular formula is C15H23N7O5. The Kier molecular flexibility index (Phi) is 5.53. The van der Waals surface area contributed by atoms with E-state index in [0.717, 1.165) is 0 Å². The summed E-state index contributed by atoms with van der Waals surface area (Å²) in [7, 11) is 0. The zero-order valence-electron chi connectivity index (χ0n) is 14.4. The van der Waals surface area contributed by atoms with Crippen molar-refractivity contribution in [1.29, 1.82) is 0 Å². The maximum atomic E-state index is 10.8. The van der Waals surface area contributed by atoms with E-state index in [-0.39, 0.29) is 18.7 Å². The van der Waals surface area contributed by atoms with Gasteiger partial charge in [0, 0.05) is 6.04 Å². The molecule has 0 aliphatic carbocycles. The smallest absolute Gasteiger partial charge is 0.320 e. The number of nitrogen functional groups attached to an aromatic ring is 1. The molecule has 0 amide bonds. The molecule has 1 saturated heterocycles. The third-order valence-corrected chi connectivity index (χ3v) is 4.70. The lowest BCUT2D eigenvalue weighted by molar-refractivity contribution is -0.138.